The number of nitrogens with two attached hydrogens (primary N) is 1. The van der Waals surface area contributed by atoms with Gasteiger partial charge in [-0.05, 0) is 20.9 Å². The predicted octanol–water partition coefficient (Wildman–Crippen LogP) is -0.0441. The van der Waals surface area contributed by atoms with Crippen molar-refractivity contribution >= 4 is 11.7 Å². The number of carbonyl (C=O) groups is 1. The smallest absolute Gasteiger partial charge is 0.327 e. The van der Waals surface area contributed by atoms with Crippen LogP contribution in [0.1, 0.15) is 11.4 Å². The number of morpholine rings is 1. The van der Waals surface area contributed by atoms with Crippen molar-refractivity contribution in [1.29, 1.82) is 0 Å². The molecule has 0 radical (unpaired) electrons. The van der Waals surface area contributed by atoms with E-state index in [2.05, 4.69) is 10.00 Å². The van der Waals surface area contributed by atoms with Crippen LogP contribution in [0.4, 0.5) is 5.69 Å². The number of esters is 1. The molecule has 0 aliphatic carbocycles. The molecule has 20 heavy (non-hydrogen) atoms. The monoisotopic (exact) mass is 282 g/mol. The van der Waals surface area contributed by atoms with Crippen LogP contribution in [0.2, 0.25) is 0 Å². The third-order valence-electron chi connectivity index (χ3n) is 3.49. The Morgan fingerprint density at radius 2 is 2.30 bits per heavy atom. The van der Waals surface area contributed by atoms with Gasteiger partial charge in [-0.2, -0.15) is 5.10 Å². The molecule has 1 aliphatic rings. The van der Waals surface area contributed by atoms with E-state index in [0.29, 0.717) is 12.3 Å². The first kappa shape index (κ1) is 14.8. The summed E-state index contributed by atoms with van der Waals surface area (Å²) in [5.41, 5.74) is 7.96. The lowest BCUT2D eigenvalue weighted by Crippen LogP contribution is -2.42. The Labute approximate surface area is 118 Å². The highest BCUT2D eigenvalue weighted by Crippen LogP contribution is 2.14. The highest BCUT2D eigenvalue weighted by Gasteiger charge is 2.20. The number of anilines is 1. The van der Waals surface area contributed by atoms with Crippen molar-refractivity contribution < 1.29 is 14.3 Å². The van der Waals surface area contributed by atoms with E-state index >= 15 is 0 Å². The molecule has 0 saturated carbocycles. The van der Waals surface area contributed by atoms with E-state index in [1.807, 2.05) is 20.9 Å². The van der Waals surface area contributed by atoms with Gasteiger partial charge >= 0.3 is 5.97 Å². The lowest BCUT2D eigenvalue weighted by Gasteiger charge is -2.29. The van der Waals surface area contributed by atoms with Gasteiger partial charge < -0.3 is 20.1 Å². The van der Waals surface area contributed by atoms with Gasteiger partial charge in [-0.15, -0.1) is 0 Å². The SMILES string of the molecule is Cc1nn(CC(=O)OCC2CN(C)CCO2)c(C)c1N. The van der Waals surface area contributed by atoms with E-state index in [-0.39, 0.29) is 25.2 Å². The summed E-state index contributed by atoms with van der Waals surface area (Å²) in [5, 5.41) is 4.21. The molecule has 0 amide bonds. The zero-order chi connectivity index (χ0) is 14.7. The van der Waals surface area contributed by atoms with E-state index < -0.39 is 0 Å². The van der Waals surface area contributed by atoms with Crippen LogP contribution in [-0.4, -0.2) is 60.1 Å². The molecule has 112 valence electrons. The van der Waals surface area contributed by atoms with E-state index in [4.69, 9.17) is 15.2 Å². The fourth-order valence-corrected chi connectivity index (χ4v) is 2.19. The van der Waals surface area contributed by atoms with E-state index in [1.54, 1.807) is 4.68 Å². The van der Waals surface area contributed by atoms with Crippen molar-refractivity contribution in [3.05, 3.63) is 11.4 Å². The summed E-state index contributed by atoms with van der Waals surface area (Å²) in [6, 6.07) is 0. The number of rotatable bonds is 4. The summed E-state index contributed by atoms with van der Waals surface area (Å²) >= 11 is 0. The maximum absolute atomic E-state index is 11.8. The van der Waals surface area contributed by atoms with Gasteiger partial charge in [0.1, 0.15) is 19.3 Å². The van der Waals surface area contributed by atoms with Crippen molar-refractivity contribution in [1.82, 2.24) is 14.7 Å². The average Bonchev–Trinajstić information content (AvgIpc) is 2.64. The molecule has 2 N–H and O–H groups in total. The molecule has 1 aromatic heterocycles. The van der Waals surface area contributed by atoms with Crippen LogP contribution in [0, 0.1) is 13.8 Å². The van der Waals surface area contributed by atoms with Crippen LogP contribution in [0.3, 0.4) is 0 Å². The Bertz CT molecular complexity index is 486. The van der Waals surface area contributed by atoms with Crippen LogP contribution in [0.25, 0.3) is 0 Å². The van der Waals surface area contributed by atoms with Gasteiger partial charge in [0, 0.05) is 13.1 Å². The van der Waals surface area contributed by atoms with Gasteiger partial charge in [0.05, 0.1) is 23.7 Å². The molecule has 0 spiro atoms. The summed E-state index contributed by atoms with van der Waals surface area (Å²) in [6.45, 7) is 6.37. The van der Waals surface area contributed by atoms with Crippen LogP contribution >= 0.6 is 0 Å². The largest absolute Gasteiger partial charge is 0.461 e. The van der Waals surface area contributed by atoms with Crippen LogP contribution in [-0.2, 0) is 20.8 Å². The van der Waals surface area contributed by atoms with Crippen molar-refractivity contribution in [3.63, 3.8) is 0 Å². The van der Waals surface area contributed by atoms with Gasteiger partial charge in [-0.3, -0.25) is 9.48 Å². The zero-order valence-electron chi connectivity index (χ0n) is 12.3. The molecule has 1 atom stereocenters. The van der Waals surface area contributed by atoms with Gasteiger partial charge in [-0.25, -0.2) is 0 Å². The van der Waals surface area contributed by atoms with Crippen LogP contribution in [0.15, 0.2) is 0 Å². The topological polar surface area (TPSA) is 82.6 Å². The second kappa shape index (κ2) is 6.23. The highest BCUT2D eigenvalue weighted by atomic mass is 16.6. The first-order valence-electron chi connectivity index (χ1n) is 6.72. The average molecular weight is 282 g/mol. The van der Waals surface area contributed by atoms with Gasteiger partial charge in [0.15, 0.2) is 0 Å². The number of nitrogen functional groups attached to an aromatic ring is 1. The van der Waals surface area contributed by atoms with E-state index in [0.717, 1.165) is 24.5 Å². The Morgan fingerprint density at radius 1 is 1.55 bits per heavy atom. The fraction of sp³-hybridized carbons (Fsp3) is 0.692. The Hall–Kier alpha value is -1.60. The number of hydrogen-bond acceptors (Lipinski definition) is 6. The minimum atomic E-state index is -0.326. The summed E-state index contributed by atoms with van der Waals surface area (Å²) in [5.74, 6) is -0.326. The predicted molar refractivity (Wildman–Crippen MR) is 74.3 cm³/mol. The lowest BCUT2D eigenvalue weighted by molar-refractivity contribution is -0.151. The minimum absolute atomic E-state index is 0.0526. The number of nitrogens with zero attached hydrogens (tertiary/aromatic N) is 3. The normalized spacial score (nSPS) is 20.1. The third kappa shape index (κ3) is 3.49. The van der Waals surface area contributed by atoms with Crippen LogP contribution in [0.5, 0.6) is 0 Å². The van der Waals surface area contributed by atoms with E-state index in [1.165, 1.54) is 0 Å². The lowest BCUT2D eigenvalue weighted by atomic mass is 10.3. The van der Waals surface area contributed by atoms with Gasteiger partial charge in [0.25, 0.3) is 0 Å². The standard InChI is InChI=1S/C13H22N4O3/c1-9-13(14)10(2)17(15-9)7-12(18)20-8-11-6-16(3)4-5-19-11/h11H,4-8,14H2,1-3H3. The van der Waals surface area contributed by atoms with Crippen molar-refractivity contribution in [2.75, 3.05) is 39.1 Å². The summed E-state index contributed by atoms with van der Waals surface area (Å²) in [7, 11) is 2.02. The molecule has 1 aromatic rings. The number of carbonyl (C=O) groups excluding carboxylic acids is 1. The summed E-state index contributed by atoms with van der Waals surface area (Å²) < 4.78 is 12.4. The second-order valence-corrected chi connectivity index (χ2v) is 5.18. The Morgan fingerprint density at radius 3 is 2.90 bits per heavy atom. The fourth-order valence-electron chi connectivity index (χ4n) is 2.19. The van der Waals surface area contributed by atoms with Gasteiger partial charge in [-0.1, -0.05) is 0 Å². The molecule has 2 heterocycles. The number of ether oxygens (including phenoxy) is 2. The third-order valence-corrected chi connectivity index (χ3v) is 3.49. The molecule has 1 saturated heterocycles. The summed E-state index contributed by atoms with van der Waals surface area (Å²) in [6.07, 6.45) is -0.0526. The molecule has 7 nitrogen and oxygen atoms in total. The molecule has 1 unspecified atom stereocenters. The molecular weight excluding hydrogens is 260 g/mol. The maximum Gasteiger partial charge on any atom is 0.327 e. The molecule has 0 bridgehead atoms. The Balaban J connectivity index is 1.82. The quantitative estimate of drug-likeness (QED) is 0.780. The van der Waals surface area contributed by atoms with E-state index in [9.17, 15) is 4.79 Å². The number of hydrogen-bond donors (Lipinski definition) is 1. The summed E-state index contributed by atoms with van der Waals surface area (Å²) in [4.78, 5) is 14.0. The van der Waals surface area contributed by atoms with Crippen molar-refractivity contribution in [2.45, 2.75) is 26.5 Å². The minimum Gasteiger partial charge on any atom is -0.461 e. The molecule has 2 rings (SSSR count). The number of aryl methyl sites for hydroxylation is 1. The first-order valence-corrected chi connectivity index (χ1v) is 6.72. The number of likely N-dealkylation sites (N-methyl/N-ethyl adjacent to an activating group) is 1. The van der Waals surface area contributed by atoms with Crippen molar-refractivity contribution in [2.24, 2.45) is 0 Å². The maximum atomic E-state index is 11.8. The zero-order valence-corrected chi connectivity index (χ0v) is 12.3. The van der Waals surface area contributed by atoms with Crippen LogP contribution < -0.4 is 5.73 Å². The highest BCUT2D eigenvalue weighted by molar-refractivity contribution is 5.69. The molecule has 1 aliphatic heterocycles. The number of aromatic nitrogens is 2. The van der Waals surface area contributed by atoms with Gasteiger partial charge in [0.2, 0.25) is 0 Å². The molecule has 1 fully saturated rings. The van der Waals surface area contributed by atoms with Crippen molar-refractivity contribution in [3.8, 4) is 0 Å². The second-order valence-electron chi connectivity index (χ2n) is 5.18. The molecule has 7 heteroatoms. The molecule has 0 aromatic carbocycles. The first-order chi connectivity index (χ1) is 9.47. The Kier molecular flexibility index (Phi) is 4.61. The molecular formula is C13H22N4O3.